The van der Waals surface area contributed by atoms with Gasteiger partial charge < -0.3 is 0 Å². The zero-order valence-corrected chi connectivity index (χ0v) is 17.1. The minimum Gasteiger partial charge on any atom is -0.284 e. The van der Waals surface area contributed by atoms with Gasteiger partial charge in [-0.15, -0.1) is 16.4 Å². The van der Waals surface area contributed by atoms with Crippen molar-refractivity contribution in [3.63, 3.8) is 0 Å². The Morgan fingerprint density at radius 1 is 0.967 bits per heavy atom. The highest BCUT2D eigenvalue weighted by molar-refractivity contribution is 7.07. The zero-order valence-electron chi connectivity index (χ0n) is 15.6. The van der Waals surface area contributed by atoms with E-state index in [4.69, 9.17) is 11.6 Å². The average Bonchev–Trinajstić information content (AvgIpc) is 3.19. The van der Waals surface area contributed by atoms with E-state index in [0.29, 0.717) is 9.82 Å². The second-order valence-corrected chi connectivity index (χ2v) is 7.49. The maximum Gasteiger partial charge on any atom is 0.269 e. The maximum atomic E-state index is 11.0. The molecule has 0 bridgehead atoms. The molecule has 0 fully saturated rings. The molecule has 4 aromatic rings. The Hall–Kier alpha value is -3.55. The molecule has 1 heterocycles. The van der Waals surface area contributed by atoms with Crippen LogP contribution in [0.15, 0.2) is 94.4 Å². The number of hydrogen-bond acceptors (Lipinski definition) is 5. The molecule has 0 aliphatic heterocycles. The number of benzene rings is 3. The fraction of sp³-hybridized carbons (Fsp3) is 0. The standard InChI is InChI=1S/C22H15ClN4O2S/c23-20-9-5-4-6-17(20)14-24-25-22-26(18-7-2-1-3-8-18)21(15-30-22)16-10-12-19(13-11-16)27(28)29/h1-15H/b24-14+,25-22+. The molecule has 4 rings (SSSR count). The van der Waals surface area contributed by atoms with Crippen LogP contribution in [-0.2, 0) is 0 Å². The lowest BCUT2D eigenvalue weighted by atomic mass is 10.1. The summed E-state index contributed by atoms with van der Waals surface area (Å²) in [4.78, 5) is 11.2. The minimum atomic E-state index is -0.410. The van der Waals surface area contributed by atoms with E-state index in [-0.39, 0.29) is 5.69 Å². The first-order valence-electron chi connectivity index (χ1n) is 8.96. The van der Waals surface area contributed by atoms with Crippen LogP contribution in [-0.4, -0.2) is 15.7 Å². The first-order chi connectivity index (χ1) is 14.6. The van der Waals surface area contributed by atoms with E-state index in [0.717, 1.165) is 22.5 Å². The third-order valence-corrected chi connectivity index (χ3v) is 5.50. The Bertz CT molecular complexity index is 1280. The maximum absolute atomic E-state index is 11.0. The van der Waals surface area contributed by atoms with Gasteiger partial charge >= 0.3 is 0 Å². The number of aromatic nitrogens is 1. The summed E-state index contributed by atoms with van der Waals surface area (Å²) < 4.78 is 1.97. The fourth-order valence-electron chi connectivity index (χ4n) is 2.88. The van der Waals surface area contributed by atoms with E-state index < -0.39 is 4.92 Å². The molecular formula is C22H15ClN4O2S. The molecule has 30 heavy (non-hydrogen) atoms. The van der Waals surface area contributed by atoms with Crippen LogP contribution in [0.1, 0.15) is 5.56 Å². The summed E-state index contributed by atoms with van der Waals surface area (Å²) >= 11 is 7.60. The van der Waals surface area contributed by atoms with E-state index in [1.807, 2.05) is 58.5 Å². The molecule has 0 radical (unpaired) electrons. The highest BCUT2D eigenvalue weighted by Crippen LogP contribution is 2.25. The minimum absolute atomic E-state index is 0.0505. The van der Waals surface area contributed by atoms with Gasteiger partial charge in [0.15, 0.2) is 0 Å². The summed E-state index contributed by atoms with van der Waals surface area (Å²) in [6.07, 6.45) is 1.61. The molecule has 6 nitrogen and oxygen atoms in total. The highest BCUT2D eigenvalue weighted by Gasteiger charge is 2.12. The molecule has 0 spiro atoms. The third kappa shape index (κ3) is 4.22. The van der Waals surface area contributed by atoms with Crippen LogP contribution >= 0.6 is 22.9 Å². The van der Waals surface area contributed by atoms with Crippen molar-refractivity contribution in [2.24, 2.45) is 10.2 Å². The second-order valence-electron chi connectivity index (χ2n) is 6.24. The molecule has 0 aliphatic carbocycles. The first-order valence-corrected chi connectivity index (χ1v) is 10.2. The van der Waals surface area contributed by atoms with Crippen molar-refractivity contribution in [1.82, 2.24) is 4.57 Å². The van der Waals surface area contributed by atoms with Gasteiger partial charge in [-0.05, 0) is 35.9 Å². The van der Waals surface area contributed by atoms with E-state index in [1.54, 1.807) is 24.4 Å². The number of non-ortho nitro benzene ring substituents is 1. The van der Waals surface area contributed by atoms with E-state index in [1.165, 1.54) is 23.5 Å². The van der Waals surface area contributed by atoms with Crippen LogP contribution in [0, 0.1) is 10.1 Å². The molecule has 0 N–H and O–H groups in total. The van der Waals surface area contributed by atoms with Crippen LogP contribution in [0.4, 0.5) is 5.69 Å². The molecule has 148 valence electrons. The van der Waals surface area contributed by atoms with Crippen LogP contribution in [0.5, 0.6) is 0 Å². The summed E-state index contributed by atoms with van der Waals surface area (Å²) in [5.41, 5.74) is 3.46. The molecule has 3 aromatic carbocycles. The second kappa shape index (κ2) is 8.86. The third-order valence-electron chi connectivity index (χ3n) is 4.34. The van der Waals surface area contributed by atoms with Crippen molar-refractivity contribution in [3.05, 3.63) is 110 Å². The number of hydrogen-bond donors (Lipinski definition) is 0. The van der Waals surface area contributed by atoms with Gasteiger partial charge in [0.1, 0.15) is 0 Å². The molecule has 0 unspecified atom stereocenters. The van der Waals surface area contributed by atoms with E-state index in [2.05, 4.69) is 10.2 Å². The number of nitrogens with zero attached hydrogens (tertiary/aromatic N) is 4. The normalized spacial score (nSPS) is 11.8. The van der Waals surface area contributed by atoms with Crippen molar-refractivity contribution in [1.29, 1.82) is 0 Å². The monoisotopic (exact) mass is 434 g/mol. The number of rotatable bonds is 5. The van der Waals surface area contributed by atoms with Crippen LogP contribution in [0.25, 0.3) is 16.9 Å². The van der Waals surface area contributed by atoms with E-state index >= 15 is 0 Å². The van der Waals surface area contributed by atoms with Gasteiger partial charge in [0.2, 0.25) is 4.80 Å². The van der Waals surface area contributed by atoms with Gasteiger partial charge in [-0.25, -0.2) is 0 Å². The molecule has 1 aromatic heterocycles. The molecule has 0 saturated carbocycles. The lowest BCUT2D eigenvalue weighted by Gasteiger charge is -2.08. The topological polar surface area (TPSA) is 72.8 Å². The smallest absolute Gasteiger partial charge is 0.269 e. The SMILES string of the molecule is O=[N+]([O-])c1ccc(-c2cs/c(=N/N=C/c3ccccc3Cl)n2-c2ccccc2)cc1. The predicted molar refractivity (Wildman–Crippen MR) is 120 cm³/mol. The number of thiazole rings is 1. The van der Waals surface area contributed by atoms with Crippen LogP contribution in [0.3, 0.4) is 0 Å². The molecule has 8 heteroatoms. The summed E-state index contributed by atoms with van der Waals surface area (Å²) in [5, 5.41) is 22.1. The Morgan fingerprint density at radius 2 is 1.67 bits per heavy atom. The summed E-state index contributed by atoms with van der Waals surface area (Å²) in [7, 11) is 0. The zero-order chi connectivity index (χ0) is 20.9. The molecule has 0 aliphatic rings. The molecule has 0 amide bonds. The molecule has 0 saturated heterocycles. The van der Waals surface area contributed by atoms with Gasteiger partial charge in [0.05, 0.1) is 16.8 Å². The van der Waals surface area contributed by atoms with Crippen molar-refractivity contribution >= 4 is 34.8 Å². The summed E-state index contributed by atoms with van der Waals surface area (Å²) in [6.45, 7) is 0. The van der Waals surface area contributed by atoms with Gasteiger partial charge in [-0.3, -0.25) is 14.7 Å². The lowest BCUT2D eigenvalue weighted by Crippen LogP contribution is -2.13. The van der Waals surface area contributed by atoms with Crippen molar-refractivity contribution in [2.45, 2.75) is 0 Å². The van der Waals surface area contributed by atoms with Gasteiger partial charge in [-0.2, -0.15) is 5.10 Å². The van der Waals surface area contributed by atoms with Crippen LogP contribution < -0.4 is 4.80 Å². The van der Waals surface area contributed by atoms with Crippen molar-refractivity contribution in [2.75, 3.05) is 0 Å². The molecular weight excluding hydrogens is 420 g/mol. The molecule has 0 atom stereocenters. The Labute approximate surface area is 181 Å². The van der Waals surface area contributed by atoms with Gasteiger partial charge in [0, 0.05) is 33.8 Å². The number of halogens is 1. The highest BCUT2D eigenvalue weighted by atomic mass is 35.5. The van der Waals surface area contributed by atoms with Crippen LogP contribution in [0.2, 0.25) is 5.02 Å². The average molecular weight is 435 g/mol. The van der Waals surface area contributed by atoms with Gasteiger partial charge in [0.25, 0.3) is 5.69 Å². The van der Waals surface area contributed by atoms with Crippen molar-refractivity contribution in [3.8, 4) is 16.9 Å². The summed E-state index contributed by atoms with van der Waals surface area (Å²) in [5.74, 6) is 0. The number of nitro benzene ring substituents is 1. The Balaban J connectivity index is 1.80. The lowest BCUT2D eigenvalue weighted by molar-refractivity contribution is -0.384. The van der Waals surface area contributed by atoms with Gasteiger partial charge in [-0.1, -0.05) is 48.0 Å². The quantitative estimate of drug-likeness (QED) is 0.229. The Morgan fingerprint density at radius 3 is 2.37 bits per heavy atom. The van der Waals surface area contributed by atoms with Crippen molar-refractivity contribution < 1.29 is 4.92 Å². The predicted octanol–water partition coefficient (Wildman–Crippen LogP) is 5.70. The van der Waals surface area contributed by atoms with E-state index in [9.17, 15) is 10.1 Å². The number of nitro groups is 1. The number of para-hydroxylation sites is 1. The largest absolute Gasteiger partial charge is 0.284 e. The summed E-state index contributed by atoms with van der Waals surface area (Å²) in [6, 6.07) is 23.6. The fourth-order valence-corrected chi connectivity index (χ4v) is 3.93. The Kier molecular flexibility index (Phi) is 5.83. The first kappa shape index (κ1) is 19.8.